The van der Waals surface area contributed by atoms with Crippen LogP contribution in [0.4, 0.5) is 5.95 Å². The van der Waals surface area contributed by atoms with Crippen LogP contribution in [0.5, 0.6) is 5.75 Å². The number of aromatic nitrogens is 2. The number of likely N-dealkylation sites (N-methyl/N-ethyl adjacent to an activating group) is 1. The molecule has 1 N–H and O–H groups in total. The molecule has 1 atom stereocenters. The summed E-state index contributed by atoms with van der Waals surface area (Å²) in [7, 11) is 3.61. The van der Waals surface area contributed by atoms with Crippen molar-refractivity contribution in [3.05, 3.63) is 48.3 Å². The van der Waals surface area contributed by atoms with E-state index in [0.29, 0.717) is 5.95 Å². The maximum absolute atomic E-state index is 12.2. The summed E-state index contributed by atoms with van der Waals surface area (Å²) in [6.07, 6.45) is 5.14. The fourth-order valence-electron chi connectivity index (χ4n) is 2.30. The van der Waals surface area contributed by atoms with E-state index in [2.05, 4.69) is 27.4 Å². The van der Waals surface area contributed by atoms with Crippen LogP contribution in [0.2, 0.25) is 0 Å². The van der Waals surface area contributed by atoms with E-state index in [-0.39, 0.29) is 11.9 Å². The summed E-state index contributed by atoms with van der Waals surface area (Å²) in [5.74, 6) is 1.10. The average Bonchev–Trinajstić information content (AvgIpc) is 2.62. The first kappa shape index (κ1) is 17.9. The summed E-state index contributed by atoms with van der Waals surface area (Å²) < 4.78 is 5.16. The van der Waals surface area contributed by atoms with Gasteiger partial charge >= 0.3 is 0 Å². The minimum atomic E-state index is -0.246. The predicted molar refractivity (Wildman–Crippen MR) is 94.1 cm³/mol. The molecule has 0 aliphatic heterocycles. The van der Waals surface area contributed by atoms with E-state index >= 15 is 0 Å². The third-order valence-corrected chi connectivity index (χ3v) is 3.98. The molecule has 1 aromatic carbocycles. The molecule has 0 radical (unpaired) electrons. The molecule has 1 aromatic heterocycles. The van der Waals surface area contributed by atoms with Crippen LogP contribution in [-0.2, 0) is 11.2 Å². The zero-order valence-electron chi connectivity index (χ0n) is 14.4. The van der Waals surface area contributed by atoms with Crippen molar-refractivity contribution in [1.29, 1.82) is 0 Å². The highest BCUT2D eigenvalue weighted by Crippen LogP contribution is 2.13. The number of hydrogen-bond donors (Lipinski definition) is 1. The van der Waals surface area contributed by atoms with Gasteiger partial charge in [-0.1, -0.05) is 12.1 Å². The van der Waals surface area contributed by atoms with E-state index in [1.165, 1.54) is 5.56 Å². The Bertz CT molecular complexity index is 631. The van der Waals surface area contributed by atoms with E-state index in [4.69, 9.17) is 4.74 Å². The van der Waals surface area contributed by atoms with Crippen LogP contribution < -0.4 is 10.1 Å². The van der Waals surface area contributed by atoms with Crippen LogP contribution in [-0.4, -0.2) is 47.5 Å². The molecule has 128 valence electrons. The van der Waals surface area contributed by atoms with Gasteiger partial charge in [-0.2, -0.15) is 0 Å². The lowest BCUT2D eigenvalue weighted by molar-refractivity contribution is -0.120. The van der Waals surface area contributed by atoms with Crippen molar-refractivity contribution in [2.75, 3.05) is 26.0 Å². The Hall–Kier alpha value is -2.47. The molecule has 0 aliphatic rings. The monoisotopic (exact) mass is 328 g/mol. The SMILES string of the molecule is COc1ccc(CCCN(C)C(C)C(=O)Nc2ncccn2)cc1. The second-order valence-electron chi connectivity index (χ2n) is 5.67. The number of carbonyl (C=O) groups excluding carboxylic acids is 1. The number of carbonyl (C=O) groups is 1. The summed E-state index contributed by atoms with van der Waals surface area (Å²) in [4.78, 5) is 22.2. The molecule has 2 rings (SSSR count). The van der Waals surface area contributed by atoms with Gasteiger partial charge in [0.15, 0.2) is 0 Å². The van der Waals surface area contributed by atoms with Gasteiger partial charge in [-0.3, -0.25) is 15.0 Å². The number of aryl methyl sites for hydroxylation is 1. The fourth-order valence-corrected chi connectivity index (χ4v) is 2.30. The van der Waals surface area contributed by atoms with Crippen LogP contribution >= 0.6 is 0 Å². The second kappa shape index (κ2) is 8.98. The molecular weight excluding hydrogens is 304 g/mol. The number of nitrogens with zero attached hydrogens (tertiary/aromatic N) is 3. The van der Waals surface area contributed by atoms with E-state index in [1.54, 1.807) is 25.6 Å². The van der Waals surface area contributed by atoms with Crippen molar-refractivity contribution in [3.8, 4) is 5.75 Å². The number of anilines is 1. The molecule has 2 aromatic rings. The number of hydrogen-bond acceptors (Lipinski definition) is 5. The zero-order chi connectivity index (χ0) is 17.4. The van der Waals surface area contributed by atoms with Crippen molar-refractivity contribution in [1.82, 2.24) is 14.9 Å². The van der Waals surface area contributed by atoms with Gasteiger partial charge in [0, 0.05) is 12.4 Å². The normalized spacial score (nSPS) is 12.0. The summed E-state index contributed by atoms with van der Waals surface area (Å²) in [5, 5.41) is 2.73. The van der Waals surface area contributed by atoms with Crippen LogP contribution in [0.1, 0.15) is 18.9 Å². The first-order chi connectivity index (χ1) is 11.6. The number of benzene rings is 1. The molecular formula is C18H24N4O2. The van der Waals surface area contributed by atoms with Gasteiger partial charge in [0.2, 0.25) is 11.9 Å². The van der Waals surface area contributed by atoms with Crippen molar-refractivity contribution >= 4 is 11.9 Å². The third-order valence-electron chi connectivity index (χ3n) is 3.98. The molecule has 1 unspecified atom stereocenters. The Morgan fingerprint density at radius 2 is 1.92 bits per heavy atom. The van der Waals surface area contributed by atoms with Crippen molar-refractivity contribution in [2.45, 2.75) is 25.8 Å². The quantitative estimate of drug-likeness (QED) is 0.806. The zero-order valence-corrected chi connectivity index (χ0v) is 14.4. The highest BCUT2D eigenvalue weighted by atomic mass is 16.5. The highest BCUT2D eigenvalue weighted by molar-refractivity contribution is 5.92. The van der Waals surface area contributed by atoms with Gasteiger partial charge in [-0.15, -0.1) is 0 Å². The largest absolute Gasteiger partial charge is 0.497 e. The Kier molecular flexibility index (Phi) is 6.69. The Labute approximate surface area is 142 Å². The maximum atomic E-state index is 12.2. The second-order valence-corrected chi connectivity index (χ2v) is 5.67. The average molecular weight is 328 g/mol. The molecule has 0 saturated carbocycles. The van der Waals surface area contributed by atoms with Crippen LogP contribution in [0.3, 0.4) is 0 Å². The fraction of sp³-hybridized carbons (Fsp3) is 0.389. The maximum Gasteiger partial charge on any atom is 0.243 e. The molecule has 0 fully saturated rings. The molecule has 0 aliphatic carbocycles. The van der Waals surface area contributed by atoms with Gasteiger partial charge < -0.3 is 4.74 Å². The summed E-state index contributed by atoms with van der Waals surface area (Å²) in [6, 6.07) is 9.54. The Balaban J connectivity index is 1.76. The highest BCUT2D eigenvalue weighted by Gasteiger charge is 2.18. The van der Waals surface area contributed by atoms with Crippen molar-refractivity contribution < 1.29 is 9.53 Å². The summed E-state index contributed by atoms with van der Waals surface area (Å²) >= 11 is 0. The minimum Gasteiger partial charge on any atom is -0.497 e. The lowest BCUT2D eigenvalue weighted by atomic mass is 10.1. The lowest BCUT2D eigenvalue weighted by Crippen LogP contribution is -2.40. The van der Waals surface area contributed by atoms with E-state index in [0.717, 1.165) is 25.1 Å². The van der Waals surface area contributed by atoms with Gasteiger partial charge in [-0.25, -0.2) is 9.97 Å². The number of nitrogens with one attached hydrogen (secondary N) is 1. The van der Waals surface area contributed by atoms with Gasteiger partial charge in [0.05, 0.1) is 13.2 Å². The van der Waals surface area contributed by atoms with Crippen LogP contribution in [0.15, 0.2) is 42.7 Å². The number of amides is 1. The molecule has 1 heterocycles. The lowest BCUT2D eigenvalue weighted by Gasteiger charge is -2.23. The number of methoxy groups -OCH3 is 1. The summed E-state index contributed by atoms with van der Waals surface area (Å²) in [6.45, 7) is 2.71. The van der Waals surface area contributed by atoms with Gasteiger partial charge in [-0.05, 0) is 57.1 Å². The predicted octanol–water partition coefficient (Wildman–Crippen LogP) is 2.38. The van der Waals surface area contributed by atoms with Crippen LogP contribution in [0, 0.1) is 0 Å². The van der Waals surface area contributed by atoms with Crippen molar-refractivity contribution in [2.24, 2.45) is 0 Å². The molecule has 1 amide bonds. The van der Waals surface area contributed by atoms with E-state index < -0.39 is 0 Å². The van der Waals surface area contributed by atoms with Crippen molar-refractivity contribution in [3.63, 3.8) is 0 Å². The molecule has 6 nitrogen and oxygen atoms in total. The molecule has 24 heavy (non-hydrogen) atoms. The third kappa shape index (κ3) is 5.31. The van der Waals surface area contributed by atoms with E-state index in [9.17, 15) is 4.79 Å². The standard InChI is InChI=1S/C18H24N4O2/c1-14(17(23)21-18-19-11-5-12-20-18)22(2)13-4-6-15-7-9-16(24-3)10-8-15/h5,7-12,14H,4,6,13H2,1-3H3,(H,19,20,21,23). The Morgan fingerprint density at radius 3 is 2.54 bits per heavy atom. The number of rotatable bonds is 8. The molecule has 0 saturated heterocycles. The molecule has 0 bridgehead atoms. The number of ether oxygens (including phenoxy) is 1. The summed E-state index contributed by atoms with van der Waals surface area (Å²) in [5.41, 5.74) is 1.26. The smallest absolute Gasteiger partial charge is 0.243 e. The van der Waals surface area contributed by atoms with Gasteiger partial charge in [0.25, 0.3) is 0 Å². The first-order valence-electron chi connectivity index (χ1n) is 8.01. The van der Waals surface area contributed by atoms with E-state index in [1.807, 2.05) is 31.0 Å². The minimum absolute atomic E-state index is 0.104. The first-order valence-corrected chi connectivity index (χ1v) is 8.01. The topological polar surface area (TPSA) is 67.3 Å². The van der Waals surface area contributed by atoms with Gasteiger partial charge in [0.1, 0.15) is 5.75 Å². The Morgan fingerprint density at radius 1 is 1.25 bits per heavy atom. The molecule has 0 spiro atoms. The molecule has 6 heteroatoms. The van der Waals surface area contributed by atoms with Crippen LogP contribution in [0.25, 0.3) is 0 Å².